The van der Waals surface area contributed by atoms with Gasteiger partial charge in [0.25, 0.3) is 0 Å². The van der Waals surface area contributed by atoms with E-state index in [2.05, 4.69) is 56.1 Å². The molecule has 0 radical (unpaired) electrons. The Morgan fingerprint density at radius 2 is 2.11 bits per heavy atom. The molecule has 106 valence electrons. The first-order valence-corrected chi connectivity index (χ1v) is 7.71. The Bertz CT molecular complexity index is 412. The van der Waals surface area contributed by atoms with Crippen LogP contribution in [0.3, 0.4) is 0 Å². The zero-order valence-corrected chi connectivity index (χ0v) is 12.9. The lowest BCUT2D eigenvalue weighted by Crippen LogP contribution is -2.46. The van der Waals surface area contributed by atoms with E-state index < -0.39 is 0 Å². The minimum atomic E-state index is 0.566. The highest BCUT2D eigenvalue weighted by molar-refractivity contribution is 5.57. The zero-order valence-electron chi connectivity index (χ0n) is 12.9. The van der Waals surface area contributed by atoms with Crippen LogP contribution in [0.1, 0.15) is 44.7 Å². The van der Waals surface area contributed by atoms with Crippen molar-refractivity contribution in [1.29, 1.82) is 0 Å². The maximum Gasteiger partial charge on any atom is 0.0412 e. The molecule has 0 fully saturated rings. The molecule has 2 rings (SSSR count). The number of fused-ring (bicyclic) bond motifs is 1. The highest BCUT2D eigenvalue weighted by atomic mass is 15.2. The molecule has 1 aliphatic heterocycles. The van der Waals surface area contributed by atoms with E-state index in [4.69, 9.17) is 0 Å². The average Bonchev–Trinajstić information content (AvgIpc) is 2.38. The van der Waals surface area contributed by atoms with E-state index in [-0.39, 0.29) is 0 Å². The predicted molar refractivity (Wildman–Crippen MR) is 84.1 cm³/mol. The summed E-state index contributed by atoms with van der Waals surface area (Å²) in [7, 11) is 0. The van der Waals surface area contributed by atoms with E-state index >= 15 is 0 Å². The van der Waals surface area contributed by atoms with Gasteiger partial charge < -0.3 is 10.2 Å². The van der Waals surface area contributed by atoms with E-state index in [1.807, 2.05) is 0 Å². The first kappa shape index (κ1) is 14.4. The summed E-state index contributed by atoms with van der Waals surface area (Å²) in [6, 6.07) is 8.12. The van der Waals surface area contributed by atoms with E-state index in [9.17, 15) is 0 Å². The molecule has 1 atom stereocenters. The van der Waals surface area contributed by atoms with Crippen LogP contribution in [0.2, 0.25) is 0 Å². The number of hydrogen-bond acceptors (Lipinski definition) is 2. The van der Waals surface area contributed by atoms with Crippen LogP contribution in [-0.4, -0.2) is 25.2 Å². The highest BCUT2D eigenvalue weighted by Crippen LogP contribution is 2.30. The molecule has 1 aromatic rings. The highest BCUT2D eigenvalue weighted by Gasteiger charge is 2.22. The molecule has 0 aliphatic carbocycles. The Kier molecular flexibility index (Phi) is 4.87. The largest absolute Gasteiger partial charge is 0.367 e. The molecular weight excluding hydrogens is 232 g/mol. The molecule has 0 aromatic heterocycles. The van der Waals surface area contributed by atoms with Crippen molar-refractivity contribution in [3.63, 3.8) is 0 Å². The molecular formula is C17H28N2. The van der Waals surface area contributed by atoms with Crippen molar-refractivity contribution in [1.82, 2.24) is 5.32 Å². The van der Waals surface area contributed by atoms with Gasteiger partial charge >= 0.3 is 0 Å². The lowest BCUT2D eigenvalue weighted by Gasteiger charge is -2.38. The summed E-state index contributed by atoms with van der Waals surface area (Å²) in [5.74, 6) is 0. The molecule has 2 heteroatoms. The molecule has 19 heavy (non-hydrogen) atoms. The summed E-state index contributed by atoms with van der Waals surface area (Å²) < 4.78 is 0. The van der Waals surface area contributed by atoms with Gasteiger partial charge in [0.15, 0.2) is 0 Å². The summed E-state index contributed by atoms with van der Waals surface area (Å²) in [5, 5.41) is 3.59. The van der Waals surface area contributed by atoms with Crippen molar-refractivity contribution in [2.75, 3.05) is 18.0 Å². The van der Waals surface area contributed by atoms with Crippen LogP contribution in [0.5, 0.6) is 0 Å². The first-order chi connectivity index (χ1) is 9.11. The average molecular weight is 260 g/mol. The Balaban J connectivity index is 2.16. The third-order valence-electron chi connectivity index (χ3n) is 4.06. The monoisotopic (exact) mass is 260 g/mol. The van der Waals surface area contributed by atoms with Gasteiger partial charge in [0.05, 0.1) is 0 Å². The van der Waals surface area contributed by atoms with E-state index in [0.29, 0.717) is 12.1 Å². The fourth-order valence-electron chi connectivity index (χ4n) is 2.98. The SMILES string of the molecule is CCC(CNC(C)C)N1CCCc2cc(C)ccc21. The van der Waals surface area contributed by atoms with Gasteiger partial charge in [0, 0.05) is 30.9 Å². The second kappa shape index (κ2) is 6.42. The second-order valence-electron chi connectivity index (χ2n) is 6.05. The first-order valence-electron chi connectivity index (χ1n) is 7.71. The Morgan fingerprint density at radius 3 is 2.79 bits per heavy atom. The van der Waals surface area contributed by atoms with Crippen LogP contribution < -0.4 is 10.2 Å². The van der Waals surface area contributed by atoms with Crippen molar-refractivity contribution in [3.8, 4) is 0 Å². The van der Waals surface area contributed by atoms with E-state index in [1.54, 1.807) is 0 Å². The Labute approximate surface area is 118 Å². The third-order valence-corrected chi connectivity index (χ3v) is 4.06. The minimum Gasteiger partial charge on any atom is -0.367 e. The normalized spacial score (nSPS) is 16.6. The lowest BCUT2D eigenvalue weighted by atomic mass is 9.97. The number of aryl methyl sites for hydroxylation is 2. The van der Waals surface area contributed by atoms with E-state index in [0.717, 1.165) is 6.54 Å². The van der Waals surface area contributed by atoms with Gasteiger partial charge in [-0.25, -0.2) is 0 Å². The quantitative estimate of drug-likeness (QED) is 0.871. The van der Waals surface area contributed by atoms with Gasteiger partial charge in [-0.3, -0.25) is 0 Å². The third kappa shape index (κ3) is 3.50. The molecule has 1 heterocycles. The number of hydrogen-bond donors (Lipinski definition) is 1. The van der Waals surface area contributed by atoms with Gasteiger partial charge in [-0.15, -0.1) is 0 Å². The lowest BCUT2D eigenvalue weighted by molar-refractivity contribution is 0.476. The molecule has 0 bridgehead atoms. The van der Waals surface area contributed by atoms with Crippen molar-refractivity contribution in [2.45, 2.75) is 59.0 Å². The number of nitrogens with zero attached hydrogens (tertiary/aromatic N) is 1. The molecule has 0 saturated carbocycles. The fraction of sp³-hybridized carbons (Fsp3) is 0.647. The topological polar surface area (TPSA) is 15.3 Å². The molecule has 0 amide bonds. The van der Waals surface area contributed by atoms with Gasteiger partial charge in [0.1, 0.15) is 0 Å². The predicted octanol–water partition coefficient (Wildman–Crippen LogP) is 3.52. The van der Waals surface area contributed by atoms with Gasteiger partial charge in [-0.05, 0) is 37.8 Å². The summed E-state index contributed by atoms with van der Waals surface area (Å²) in [4.78, 5) is 2.62. The molecule has 1 aromatic carbocycles. The summed E-state index contributed by atoms with van der Waals surface area (Å²) >= 11 is 0. The second-order valence-corrected chi connectivity index (χ2v) is 6.05. The zero-order chi connectivity index (χ0) is 13.8. The fourth-order valence-corrected chi connectivity index (χ4v) is 2.98. The smallest absolute Gasteiger partial charge is 0.0412 e. The minimum absolute atomic E-state index is 0.566. The van der Waals surface area contributed by atoms with Crippen LogP contribution in [-0.2, 0) is 6.42 Å². The van der Waals surface area contributed by atoms with Crippen molar-refractivity contribution >= 4 is 5.69 Å². The van der Waals surface area contributed by atoms with Crippen LogP contribution in [0.4, 0.5) is 5.69 Å². The van der Waals surface area contributed by atoms with Crippen LogP contribution >= 0.6 is 0 Å². The van der Waals surface area contributed by atoms with E-state index in [1.165, 1.54) is 42.6 Å². The number of anilines is 1. The van der Waals surface area contributed by atoms with Crippen molar-refractivity contribution < 1.29 is 0 Å². The summed E-state index contributed by atoms with van der Waals surface area (Å²) in [5.41, 5.74) is 4.39. The Hall–Kier alpha value is -1.02. The van der Waals surface area contributed by atoms with Gasteiger partial charge in [-0.2, -0.15) is 0 Å². The maximum absolute atomic E-state index is 3.59. The van der Waals surface area contributed by atoms with Crippen LogP contribution in [0.25, 0.3) is 0 Å². The Morgan fingerprint density at radius 1 is 1.32 bits per heavy atom. The molecule has 2 nitrogen and oxygen atoms in total. The standard InChI is InChI=1S/C17H28N2/c1-5-16(12-18-13(2)3)19-10-6-7-15-11-14(4)8-9-17(15)19/h8-9,11,13,16,18H,5-7,10,12H2,1-4H3. The molecule has 0 spiro atoms. The molecule has 1 unspecified atom stereocenters. The van der Waals surface area contributed by atoms with Crippen LogP contribution in [0.15, 0.2) is 18.2 Å². The van der Waals surface area contributed by atoms with Gasteiger partial charge in [0.2, 0.25) is 0 Å². The number of benzene rings is 1. The molecule has 1 aliphatic rings. The maximum atomic E-state index is 3.59. The molecule has 1 N–H and O–H groups in total. The number of rotatable bonds is 5. The van der Waals surface area contributed by atoms with Crippen molar-refractivity contribution in [3.05, 3.63) is 29.3 Å². The summed E-state index contributed by atoms with van der Waals surface area (Å²) in [6.45, 7) is 11.2. The summed E-state index contributed by atoms with van der Waals surface area (Å²) in [6.07, 6.45) is 3.73. The molecule has 0 saturated heterocycles. The van der Waals surface area contributed by atoms with Crippen molar-refractivity contribution in [2.24, 2.45) is 0 Å². The number of nitrogens with one attached hydrogen (secondary N) is 1. The van der Waals surface area contributed by atoms with Gasteiger partial charge in [-0.1, -0.05) is 38.5 Å². The van der Waals surface area contributed by atoms with Crippen LogP contribution in [0, 0.1) is 6.92 Å².